The van der Waals surface area contributed by atoms with Crippen molar-refractivity contribution >= 4 is 29.4 Å². The van der Waals surface area contributed by atoms with E-state index in [0.29, 0.717) is 47.1 Å². The number of allylic oxidation sites excluding steroid dienone is 1. The predicted octanol–water partition coefficient (Wildman–Crippen LogP) is 5.30. The Morgan fingerprint density at radius 3 is 2.70 bits per heavy atom. The number of nitrogens with zero attached hydrogens (tertiary/aromatic N) is 5. The first kappa shape index (κ1) is 29.9. The fourth-order valence-electron chi connectivity index (χ4n) is 5.45. The topological polar surface area (TPSA) is 131 Å². The first-order chi connectivity index (χ1) is 20.8. The number of carbonyl (C=O) groups excluding carboxylic acids is 1. The molecule has 1 aliphatic rings. The van der Waals surface area contributed by atoms with Crippen LogP contribution in [-0.4, -0.2) is 43.5 Å². The van der Waals surface area contributed by atoms with Crippen LogP contribution >= 0.6 is 11.6 Å². The number of hydrogen-bond donors (Lipinski definition) is 3. The number of halogens is 1. The van der Waals surface area contributed by atoms with E-state index in [-0.39, 0.29) is 17.4 Å². The maximum absolute atomic E-state index is 13.8. The molecule has 3 aromatic heterocycles. The van der Waals surface area contributed by atoms with Gasteiger partial charge in [-0.05, 0) is 49.1 Å². The highest BCUT2D eigenvalue weighted by atomic mass is 35.5. The zero-order chi connectivity index (χ0) is 30.5. The number of amides is 1. The number of carbonyl (C=O) groups is 1. The summed E-state index contributed by atoms with van der Waals surface area (Å²) in [6.45, 7) is 4.78. The number of pyridine rings is 1. The lowest BCUT2D eigenvalue weighted by Gasteiger charge is -2.23. The van der Waals surface area contributed by atoms with Gasteiger partial charge in [-0.3, -0.25) is 23.8 Å². The standard InChI is InChI=1S/C32H35ClN8O2/c1-4-12-40-18-22(17-38-40)24-9-8-23(33)14-25(24)26-15-30(42)41(19-37-26)29-7-5-6-20(2)32(43)39-28(16-34)31(35-3)21-10-11-36-27(29)13-21/h8-11,13-20,29,34-35H,4-7,12H2,1-3H3,(H,39,43)/b31-28+,34-16?. The molecular weight excluding hydrogens is 564 g/mol. The van der Waals surface area contributed by atoms with Crippen molar-refractivity contribution in [2.75, 3.05) is 7.05 Å². The second-order valence-electron chi connectivity index (χ2n) is 10.7. The lowest BCUT2D eigenvalue weighted by atomic mass is 9.96. The van der Waals surface area contributed by atoms with E-state index in [1.165, 1.54) is 6.07 Å². The van der Waals surface area contributed by atoms with Crippen molar-refractivity contribution in [1.29, 1.82) is 5.41 Å². The van der Waals surface area contributed by atoms with E-state index >= 15 is 0 Å². The van der Waals surface area contributed by atoms with Crippen molar-refractivity contribution < 1.29 is 4.79 Å². The third-order valence-corrected chi connectivity index (χ3v) is 7.96. The van der Waals surface area contributed by atoms with E-state index in [1.54, 1.807) is 24.1 Å². The molecule has 3 N–H and O–H groups in total. The van der Waals surface area contributed by atoms with Crippen LogP contribution in [0.1, 0.15) is 56.8 Å². The van der Waals surface area contributed by atoms with Crippen molar-refractivity contribution in [3.05, 3.63) is 93.6 Å². The van der Waals surface area contributed by atoms with Gasteiger partial charge in [-0.1, -0.05) is 37.9 Å². The van der Waals surface area contributed by atoms with Crippen molar-refractivity contribution in [3.63, 3.8) is 0 Å². The van der Waals surface area contributed by atoms with Gasteiger partial charge >= 0.3 is 0 Å². The Morgan fingerprint density at radius 2 is 1.95 bits per heavy atom. The van der Waals surface area contributed by atoms with Gasteiger partial charge in [0.25, 0.3) is 5.56 Å². The van der Waals surface area contributed by atoms with Crippen molar-refractivity contribution in [1.82, 2.24) is 34.9 Å². The molecule has 4 aromatic rings. The van der Waals surface area contributed by atoms with E-state index in [4.69, 9.17) is 22.0 Å². The molecule has 2 bridgehead atoms. The fourth-order valence-corrected chi connectivity index (χ4v) is 5.62. The van der Waals surface area contributed by atoms with Crippen molar-refractivity contribution in [2.24, 2.45) is 5.92 Å². The van der Waals surface area contributed by atoms with Crippen LogP contribution in [0.2, 0.25) is 5.02 Å². The molecule has 222 valence electrons. The van der Waals surface area contributed by atoms with Gasteiger partial charge in [0.2, 0.25) is 5.91 Å². The Kier molecular flexibility index (Phi) is 9.16. The van der Waals surface area contributed by atoms with E-state index in [0.717, 1.165) is 41.4 Å². The molecule has 0 fully saturated rings. The Morgan fingerprint density at radius 1 is 1.12 bits per heavy atom. The molecule has 11 heteroatoms. The highest BCUT2D eigenvalue weighted by Crippen LogP contribution is 2.33. The van der Waals surface area contributed by atoms with Crippen LogP contribution in [0.4, 0.5) is 0 Å². The third kappa shape index (κ3) is 6.44. The summed E-state index contributed by atoms with van der Waals surface area (Å²) in [5.74, 6) is -0.432. The summed E-state index contributed by atoms with van der Waals surface area (Å²) in [5, 5.41) is 18.9. The number of nitrogens with one attached hydrogen (secondary N) is 3. The molecular formula is C32H35ClN8O2. The van der Waals surface area contributed by atoms with Gasteiger partial charge in [0.1, 0.15) is 0 Å². The highest BCUT2D eigenvalue weighted by molar-refractivity contribution is 6.31. The Bertz CT molecular complexity index is 1740. The van der Waals surface area contributed by atoms with Crippen LogP contribution in [-0.2, 0) is 11.3 Å². The number of aromatic nitrogens is 5. The van der Waals surface area contributed by atoms with Gasteiger partial charge in [0.05, 0.1) is 41.3 Å². The van der Waals surface area contributed by atoms with Crippen LogP contribution < -0.4 is 16.2 Å². The van der Waals surface area contributed by atoms with Crippen molar-refractivity contribution in [2.45, 2.75) is 52.1 Å². The zero-order valence-corrected chi connectivity index (χ0v) is 25.2. The molecule has 5 rings (SSSR count). The maximum Gasteiger partial charge on any atom is 0.254 e. The molecule has 10 nitrogen and oxygen atoms in total. The first-order valence-electron chi connectivity index (χ1n) is 14.4. The molecule has 0 spiro atoms. The van der Waals surface area contributed by atoms with Gasteiger partial charge in [0, 0.05) is 65.9 Å². The highest BCUT2D eigenvalue weighted by Gasteiger charge is 2.23. The van der Waals surface area contributed by atoms with Gasteiger partial charge in [-0.25, -0.2) is 4.98 Å². The van der Waals surface area contributed by atoms with Crippen LogP contribution in [0.25, 0.3) is 28.1 Å². The summed E-state index contributed by atoms with van der Waals surface area (Å²) >= 11 is 6.40. The van der Waals surface area contributed by atoms with Crippen LogP contribution in [0, 0.1) is 11.3 Å². The molecule has 2 unspecified atom stereocenters. The number of rotatable bonds is 7. The summed E-state index contributed by atoms with van der Waals surface area (Å²) in [4.78, 5) is 36.0. The first-order valence-corrected chi connectivity index (χ1v) is 14.8. The molecule has 4 heterocycles. The summed E-state index contributed by atoms with van der Waals surface area (Å²) < 4.78 is 3.50. The third-order valence-electron chi connectivity index (χ3n) is 7.72. The van der Waals surface area contributed by atoms with Gasteiger partial charge in [-0.2, -0.15) is 5.10 Å². The average molecular weight is 599 g/mol. The second kappa shape index (κ2) is 13.2. The predicted molar refractivity (Wildman–Crippen MR) is 169 cm³/mol. The monoisotopic (exact) mass is 598 g/mol. The summed E-state index contributed by atoms with van der Waals surface area (Å²) in [6, 6.07) is 10.4. The number of benzene rings is 1. The van der Waals surface area contributed by atoms with E-state index in [1.807, 2.05) is 54.3 Å². The zero-order valence-electron chi connectivity index (χ0n) is 24.5. The minimum Gasteiger partial charge on any atom is -0.386 e. The van der Waals surface area contributed by atoms with Gasteiger partial charge in [0.15, 0.2) is 0 Å². The molecule has 1 aliphatic heterocycles. The molecule has 1 amide bonds. The van der Waals surface area contributed by atoms with Crippen LogP contribution in [0.5, 0.6) is 0 Å². The molecule has 0 aliphatic carbocycles. The summed E-state index contributed by atoms with van der Waals surface area (Å²) in [6.07, 6.45) is 11.0. The second-order valence-corrected chi connectivity index (χ2v) is 11.1. The number of aryl methyl sites for hydroxylation is 1. The lowest BCUT2D eigenvalue weighted by Crippen LogP contribution is -2.32. The average Bonchev–Trinajstić information content (AvgIpc) is 3.47. The quantitative estimate of drug-likeness (QED) is 0.248. The van der Waals surface area contributed by atoms with E-state index in [2.05, 4.69) is 27.6 Å². The van der Waals surface area contributed by atoms with Gasteiger partial charge in [-0.15, -0.1) is 0 Å². The molecule has 1 aromatic carbocycles. The van der Waals surface area contributed by atoms with E-state index in [9.17, 15) is 9.59 Å². The Hall–Kier alpha value is -4.57. The SMILES string of the molecule is CCCn1cc(-c2ccc(Cl)cc2-c2cc(=O)n(C3CCCC(C)C(=O)N/C(C=N)=C(/NC)c4ccnc3c4)cn2)cn1. The molecule has 43 heavy (non-hydrogen) atoms. The van der Waals surface area contributed by atoms with E-state index < -0.39 is 6.04 Å². The smallest absolute Gasteiger partial charge is 0.254 e. The number of hydrogen-bond acceptors (Lipinski definition) is 7. The van der Waals surface area contributed by atoms with Crippen LogP contribution in [0.3, 0.4) is 0 Å². The minimum atomic E-state index is -0.406. The lowest BCUT2D eigenvalue weighted by molar-refractivity contribution is -0.123. The minimum absolute atomic E-state index is 0.154. The fraction of sp³-hybridized carbons (Fsp3) is 0.312. The van der Waals surface area contributed by atoms with Gasteiger partial charge < -0.3 is 16.0 Å². The van der Waals surface area contributed by atoms with Crippen molar-refractivity contribution in [3.8, 4) is 22.4 Å². The summed E-state index contributed by atoms with van der Waals surface area (Å²) in [5.41, 5.74) is 5.24. The molecule has 2 atom stereocenters. The molecule has 0 radical (unpaired) electrons. The molecule has 0 saturated carbocycles. The Balaban J connectivity index is 1.58. The van der Waals surface area contributed by atoms with Crippen LogP contribution in [0.15, 0.2) is 71.8 Å². The largest absolute Gasteiger partial charge is 0.386 e. The molecule has 0 saturated heterocycles. The summed E-state index contributed by atoms with van der Waals surface area (Å²) in [7, 11) is 1.74. The Labute approximate surface area is 255 Å². The maximum atomic E-state index is 13.8. The number of fused-ring (bicyclic) bond motifs is 2. The normalized spacial score (nSPS) is 19.2.